The number of hydrogen-bond donors (Lipinski definition) is 2. The Labute approximate surface area is 189 Å². The van der Waals surface area contributed by atoms with Gasteiger partial charge in [-0.1, -0.05) is 49.7 Å². The zero-order valence-corrected chi connectivity index (χ0v) is 19.2. The van der Waals surface area contributed by atoms with Gasteiger partial charge in [0, 0.05) is 24.6 Å². The van der Waals surface area contributed by atoms with Crippen molar-refractivity contribution < 1.29 is 23.1 Å². The molecule has 1 aromatic heterocycles. The maximum absolute atomic E-state index is 13.3. The van der Waals surface area contributed by atoms with Crippen LogP contribution in [0.5, 0.6) is 5.75 Å². The van der Waals surface area contributed by atoms with Gasteiger partial charge in [-0.3, -0.25) is 0 Å². The Balaban J connectivity index is 2.03. The zero-order chi connectivity index (χ0) is 23.2. The number of carbonyl (C=O) groups is 1. The topological polar surface area (TPSA) is 96.5 Å². The van der Waals surface area contributed by atoms with Gasteiger partial charge < -0.3 is 14.8 Å². The molecule has 2 aromatic carbocycles. The van der Waals surface area contributed by atoms with E-state index < -0.39 is 27.2 Å². The first-order valence-corrected chi connectivity index (χ1v) is 12.5. The number of ether oxygens (including phenoxy) is 1. The number of hydrogen-bond acceptors (Lipinski definition) is 4. The third-order valence-corrected chi connectivity index (χ3v) is 7.51. The Kier molecular flexibility index (Phi) is 7.40. The minimum Gasteiger partial charge on any atom is -0.482 e. The molecule has 0 amide bonds. The quantitative estimate of drug-likeness (QED) is 0.448. The molecule has 1 atom stereocenters. The summed E-state index contributed by atoms with van der Waals surface area (Å²) in [7, 11) is -3.63. The number of sulfone groups is 1. The highest BCUT2D eigenvalue weighted by atomic mass is 32.2. The molecular weight excluding hydrogens is 426 g/mol. The van der Waals surface area contributed by atoms with Gasteiger partial charge in [0.05, 0.1) is 0 Å². The monoisotopic (exact) mass is 455 g/mol. The van der Waals surface area contributed by atoms with Crippen LogP contribution < -0.4 is 4.74 Å². The summed E-state index contributed by atoms with van der Waals surface area (Å²) in [5.74, 6) is -0.710. The van der Waals surface area contributed by atoms with Crippen molar-refractivity contribution in [3.05, 3.63) is 89.2 Å². The molecule has 1 heterocycles. The van der Waals surface area contributed by atoms with Crippen molar-refractivity contribution in [2.24, 2.45) is 0 Å². The minimum atomic E-state index is -3.63. The smallest absolute Gasteiger partial charge is 0.341 e. The molecule has 0 aliphatic heterocycles. The number of rotatable bonds is 11. The van der Waals surface area contributed by atoms with Gasteiger partial charge in [-0.25, -0.2) is 13.2 Å². The minimum absolute atomic E-state index is 0.260. The summed E-state index contributed by atoms with van der Waals surface area (Å²) in [5.41, 5.74) is 3.31. The molecule has 32 heavy (non-hydrogen) atoms. The Bertz CT molecular complexity index is 1120. The Morgan fingerprint density at radius 1 is 1.03 bits per heavy atom. The highest BCUT2D eigenvalue weighted by Crippen LogP contribution is 2.40. The standard InChI is InChI=1S/C25H29NO5S/c1-3-4-6-19-8-10-20(11-9-19)17-25(32(2,29)30,23-7-5-16-26-23)21-12-14-22(15-13-21)31-18-24(27)28/h5,7-16,26H,3-4,6,17-18H2,1-2H3,(H,27,28). The number of aliphatic carboxylic acids is 1. The third-order valence-electron chi connectivity index (χ3n) is 5.64. The van der Waals surface area contributed by atoms with Crippen LogP contribution in [0.25, 0.3) is 0 Å². The number of aromatic nitrogens is 1. The summed E-state index contributed by atoms with van der Waals surface area (Å²) in [6.45, 7) is 1.70. The van der Waals surface area contributed by atoms with E-state index in [1.54, 1.807) is 42.6 Å². The predicted octanol–water partition coefficient (Wildman–Crippen LogP) is 4.35. The molecule has 0 aliphatic rings. The molecular formula is C25H29NO5S. The van der Waals surface area contributed by atoms with Gasteiger partial charge in [-0.15, -0.1) is 0 Å². The second-order valence-electron chi connectivity index (χ2n) is 7.99. The van der Waals surface area contributed by atoms with Gasteiger partial charge in [0.1, 0.15) is 10.5 Å². The van der Waals surface area contributed by atoms with Crippen molar-refractivity contribution >= 4 is 15.8 Å². The molecule has 0 bridgehead atoms. The normalized spacial score (nSPS) is 13.4. The fourth-order valence-electron chi connectivity index (χ4n) is 3.94. The first kappa shape index (κ1) is 23.6. The van der Waals surface area contributed by atoms with E-state index in [1.807, 2.05) is 12.1 Å². The van der Waals surface area contributed by atoms with Gasteiger partial charge in [0.25, 0.3) is 0 Å². The molecule has 2 N–H and O–H groups in total. The van der Waals surface area contributed by atoms with Gasteiger partial charge in [0.2, 0.25) is 0 Å². The van der Waals surface area contributed by atoms with Crippen LogP contribution in [0, 0.1) is 0 Å². The number of benzene rings is 2. The van der Waals surface area contributed by atoms with Crippen LogP contribution in [-0.4, -0.2) is 37.3 Å². The van der Waals surface area contributed by atoms with E-state index in [0.29, 0.717) is 17.0 Å². The van der Waals surface area contributed by atoms with E-state index >= 15 is 0 Å². The Hall–Kier alpha value is -3.06. The van der Waals surface area contributed by atoms with Crippen LogP contribution in [0.15, 0.2) is 66.9 Å². The third kappa shape index (κ3) is 5.22. The van der Waals surface area contributed by atoms with Gasteiger partial charge >= 0.3 is 5.97 Å². The van der Waals surface area contributed by atoms with E-state index in [2.05, 4.69) is 24.0 Å². The van der Waals surface area contributed by atoms with E-state index in [4.69, 9.17) is 9.84 Å². The molecule has 0 saturated heterocycles. The number of H-pyrrole nitrogens is 1. The lowest BCUT2D eigenvalue weighted by Gasteiger charge is -2.32. The van der Waals surface area contributed by atoms with E-state index in [1.165, 1.54) is 11.8 Å². The highest BCUT2D eigenvalue weighted by molar-refractivity contribution is 7.91. The van der Waals surface area contributed by atoms with Crippen molar-refractivity contribution in [1.82, 2.24) is 4.98 Å². The van der Waals surface area contributed by atoms with E-state index in [9.17, 15) is 13.2 Å². The number of aromatic amines is 1. The maximum atomic E-state index is 13.3. The van der Waals surface area contributed by atoms with Crippen molar-refractivity contribution in [2.75, 3.05) is 12.9 Å². The van der Waals surface area contributed by atoms with Crippen LogP contribution in [-0.2, 0) is 32.2 Å². The molecule has 7 heteroatoms. The van der Waals surface area contributed by atoms with Crippen molar-refractivity contribution in [1.29, 1.82) is 0 Å². The molecule has 0 fully saturated rings. The number of carboxylic acid groups (broad SMARTS) is 1. The summed E-state index contributed by atoms with van der Waals surface area (Å²) < 4.78 is 30.6. The summed E-state index contributed by atoms with van der Waals surface area (Å²) in [6.07, 6.45) is 6.47. The van der Waals surface area contributed by atoms with Crippen LogP contribution >= 0.6 is 0 Å². The molecule has 3 aromatic rings. The number of carboxylic acids is 1. The summed E-state index contributed by atoms with van der Waals surface area (Å²) >= 11 is 0. The highest BCUT2D eigenvalue weighted by Gasteiger charge is 2.45. The fraction of sp³-hybridized carbons (Fsp3) is 0.320. The maximum Gasteiger partial charge on any atom is 0.341 e. The largest absolute Gasteiger partial charge is 0.482 e. The lowest BCUT2D eigenvalue weighted by molar-refractivity contribution is -0.139. The molecule has 0 radical (unpaired) electrons. The fourth-order valence-corrected chi connectivity index (χ4v) is 5.46. The molecule has 1 unspecified atom stereocenters. The number of aryl methyl sites for hydroxylation is 1. The zero-order valence-electron chi connectivity index (χ0n) is 18.4. The van der Waals surface area contributed by atoms with E-state index in [0.717, 1.165) is 24.8 Å². The molecule has 0 saturated carbocycles. The SMILES string of the molecule is CCCCc1ccc(CC(c2ccc(OCC(=O)O)cc2)(c2ccc[nH]2)S(C)(=O)=O)cc1. The van der Waals surface area contributed by atoms with Crippen LogP contribution in [0.4, 0.5) is 0 Å². The second-order valence-corrected chi connectivity index (χ2v) is 10.2. The number of unbranched alkanes of at least 4 members (excludes halogenated alkanes) is 1. The Morgan fingerprint density at radius 2 is 1.69 bits per heavy atom. The second kappa shape index (κ2) is 10.0. The first-order valence-electron chi connectivity index (χ1n) is 10.6. The molecule has 0 spiro atoms. The lowest BCUT2D eigenvalue weighted by Crippen LogP contribution is -2.39. The molecule has 170 valence electrons. The van der Waals surface area contributed by atoms with Gasteiger partial charge in [-0.2, -0.15) is 0 Å². The average molecular weight is 456 g/mol. The summed E-state index contributed by atoms with van der Waals surface area (Å²) in [4.78, 5) is 13.9. The van der Waals surface area contributed by atoms with Crippen molar-refractivity contribution in [3.63, 3.8) is 0 Å². The van der Waals surface area contributed by atoms with E-state index in [-0.39, 0.29) is 6.42 Å². The molecule has 0 aliphatic carbocycles. The number of nitrogens with one attached hydrogen (secondary N) is 1. The van der Waals surface area contributed by atoms with Crippen molar-refractivity contribution in [2.45, 2.75) is 37.4 Å². The van der Waals surface area contributed by atoms with Gasteiger partial charge in [0.15, 0.2) is 16.4 Å². The average Bonchev–Trinajstić information content (AvgIpc) is 3.30. The summed E-state index contributed by atoms with van der Waals surface area (Å²) in [6, 6.07) is 18.3. The van der Waals surface area contributed by atoms with Crippen LogP contribution in [0.3, 0.4) is 0 Å². The van der Waals surface area contributed by atoms with Crippen molar-refractivity contribution in [3.8, 4) is 5.75 Å². The molecule has 3 rings (SSSR count). The first-order chi connectivity index (χ1) is 15.3. The summed E-state index contributed by atoms with van der Waals surface area (Å²) in [5, 5.41) is 8.81. The van der Waals surface area contributed by atoms with Crippen LogP contribution in [0.1, 0.15) is 42.1 Å². The Morgan fingerprint density at radius 3 is 2.22 bits per heavy atom. The van der Waals surface area contributed by atoms with Crippen LogP contribution in [0.2, 0.25) is 0 Å². The van der Waals surface area contributed by atoms with Gasteiger partial charge in [-0.05, 0) is 53.8 Å². The molecule has 6 nitrogen and oxygen atoms in total. The lowest BCUT2D eigenvalue weighted by atomic mass is 9.87. The predicted molar refractivity (Wildman–Crippen MR) is 125 cm³/mol.